The molecule has 5 nitrogen and oxygen atoms in total. The number of aliphatic hydroxyl groups is 3. The maximum atomic E-state index is 11.4. The number of esters is 1. The molecular formula is C11H14O5. The Hall–Kier alpha value is -1.43. The van der Waals surface area contributed by atoms with Crippen molar-refractivity contribution >= 4 is 5.97 Å². The number of aliphatic hydroxyl groups excluding tert-OH is 3. The smallest absolute Gasteiger partial charge is 0.338 e. The van der Waals surface area contributed by atoms with Crippen molar-refractivity contribution in [2.24, 2.45) is 0 Å². The lowest BCUT2D eigenvalue weighted by Gasteiger charge is -2.13. The third-order valence-corrected chi connectivity index (χ3v) is 2.42. The van der Waals surface area contributed by atoms with Crippen LogP contribution < -0.4 is 0 Å². The fraction of sp³-hybridized carbons (Fsp3) is 0.364. The Kier molecular flexibility index (Phi) is 4.42. The zero-order valence-electron chi connectivity index (χ0n) is 8.93. The van der Waals surface area contributed by atoms with Crippen LogP contribution in [0, 0.1) is 0 Å². The zero-order valence-corrected chi connectivity index (χ0v) is 8.93. The Labute approximate surface area is 92.9 Å². The van der Waals surface area contributed by atoms with Gasteiger partial charge < -0.3 is 20.1 Å². The van der Waals surface area contributed by atoms with Crippen LogP contribution in [-0.4, -0.2) is 28.4 Å². The van der Waals surface area contributed by atoms with Crippen molar-refractivity contribution in [2.75, 3.05) is 7.11 Å². The second kappa shape index (κ2) is 5.60. The van der Waals surface area contributed by atoms with Crippen LogP contribution in [0.25, 0.3) is 0 Å². The molecule has 0 amide bonds. The molecule has 0 aliphatic carbocycles. The van der Waals surface area contributed by atoms with Crippen LogP contribution in [0.1, 0.15) is 27.0 Å². The molecule has 3 N–H and O–H groups in total. The first-order chi connectivity index (χ1) is 7.69. The maximum Gasteiger partial charge on any atom is 0.338 e. The summed E-state index contributed by atoms with van der Waals surface area (Å²) in [6.07, 6.45) is 0. The van der Waals surface area contributed by atoms with E-state index < -0.39 is 12.6 Å². The quantitative estimate of drug-likeness (QED) is 0.626. The highest BCUT2D eigenvalue weighted by atomic mass is 16.5. The lowest BCUT2D eigenvalue weighted by Crippen LogP contribution is -2.11. The lowest BCUT2D eigenvalue weighted by molar-refractivity contribution is 0.0596. The Morgan fingerprint density at radius 1 is 1.12 bits per heavy atom. The highest BCUT2D eigenvalue weighted by Crippen LogP contribution is 2.21. The molecule has 88 valence electrons. The van der Waals surface area contributed by atoms with Gasteiger partial charge in [-0.15, -0.1) is 0 Å². The molecular weight excluding hydrogens is 212 g/mol. The first-order valence-electron chi connectivity index (χ1n) is 4.74. The number of methoxy groups -OCH3 is 1. The van der Waals surface area contributed by atoms with Crippen molar-refractivity contribution < 1.29 is 24.9 Å². The van der Waals surface area contributed by atoms with E-state index in [9.17, 15) is 9.90 Å². The van der Waals surface area contributed by atoms with Crippen molar-refractivity contribution in [3.63, 3.8) is 0 Å². The molecule has 0 unspecified atom stereocenters. The third-order valence-electron chi connectivity index (χ3n) is 2.42. The minimum absolute atomic E-state index is 0.200. The highest BCUT2D eigenvalue weighted by Gasteiger charge is 2.17. The van der Waals surface area contributed by atoms with E-state index in [0.717, 1.165) is 0 Å². The lowest BCUT2D eigenvalue weighted by atomic mass is 9.97. The SMILES string of the molecule is COC(=O)c1ccc(CO)c(CO)c1CO. The van der Waals surface area contributed by atoms with Gasteiger partial charge in [-0.1, -0.05) is 6.07 Å². The second-order valence-electron chi connectivity index (χ2n) is 3.20. The molecule has 0 aliphatic rings. The second-order valence-corrected chi connectivity index (χ2v) is 3.20. The molecule has 0 saturated heterocycles. The molecule has 0 spiro atoms. The summed E-state index contributed by atoms with van der Waals surface area (Å²) in [6.45, 7) is -1.00. The summed E-state index contributed by atoms with van der Waals surface area (Å²) in [6, 6.07) is 2.99. The van der Waals surface area contributed by atoms with Gasteiger partial charge in [-0.25, -0.2) is 4.79 Å². The monoisotopic (exact) mass is 226 g/mol. The van der Waals surface area contributed by atoms with Crippen LogP contribution in [0.5, 0.6) is 0 Å². The van der Waals surface area contributed by atoms with Gasteiger partial charge in [0.25, 0.3) is 0 Å². The summed E-state index contributed by atoms with van der Waals surface area (Å²) < 4.78 is 4.56. The van der Waals surface area contributed by atoms with Gasteiger partial charge in [0.2, 0.25) is 0 Å². The average molecular weight is 226 g/mol. The van der Waals surface area contributed by atoms with E-state index in [1.165, 1.54) is 19.2 Å². The van der Waals surface area contributed by atoms with E-state index in [0.29, 0.717) is 16.7 Å². The number of ether oxygens (including phenoxy) is 1. The number of hydrogen-bond donors (Lipinski definition) is 3. The molecule has 0 heterocycles. The topological polar surface area (TPSA) is 87.0 Å². The molecule has 5 heteroatoms. The Balaban J connectivity index is 3.37. The molecule has 1 aromatic rings. The Bertz CT molecular complexity index is 386. The van der Waals surface area contributed by atoms with Crippen molar-refractivity contribution in [3.8, 4) is 0 Å². The minimum atomic E-state index is -0.580. The molecule has 1 aromatic carbocycles. The van der Waals surface area contributed by atoms with Crippen LogP contribution in [0.3, 0.4) is 0 Å². The molecule has 16 heavy (non-hydrogen) atoms. The van der Waals surface area contributed by atoms with Crippen molar-refractivity contribution in [1.82, 2.24) is 0 Å². The molecule has 0 radical (unpaired) electrons. The summed E-state index contributed by atoms with van der Waals surface area (Å²) in [7, 11) is 1.24. The van der Waals surface area contributed by atoms with Crippen molar-refractivity contribution in [1.29, 1.82) is 0 Å². The number of carbonyl (C=O) groups is 1. The molecule has 0 fully saturated rings. The molecule has 0 saturated carbocycles. The van der Waals surface area contributed by atoms with E-state index in [1.807, 2.05) is 0 Å². The average Bonchev–Trinajstić information content (AvgIpc) is 2.35. The summed E-state index contributed by atoms with van der Waals surface area (Å²) in [5.41, 5.74) is 1.35. The van der Waals surface area contributed by atoms with E-state index in [1.54, 1.807) is 0 Å². The highest BCUT2D eigenvalue weighted by molar-refractivity contribution is 5.91. The largest absolute Gasteiger partial charge is 0.465 e. The Morgan fingerprint density at radius 2 is 1.75 bits per heavy atom. The van der Waals surface area contributed by atoms with Crippen molar-refractivity contribution in [2.45, 2.75) is 19.8 Å². The standard InChI is InChI=1S/C11H14O5/c1-16-11(15)8-3-2-7(4-12)9(5-13)10(8)6-14/h2-3,12-14H,4-6H2,1H3. The first kappa shape index (κ1) is 12.6. The van der Waals surface area contributed by atoms with Crippen LogP contribution in [0.4, 0.5) is 0 Å². The van der Waals surface area contributed by atoms with Crippen molar-refractivity contribution in [3.05, 3.63) is 34.4 Å². The predicted molar refractivity (Wildman–Crippen MR) is 55.5 cm³/mol. The normalized spacial score (nSPS) is 10.2. The fourth-order valence-electron chi connectivity index (χ4n) is 1.57. The number of hydrogen-bond acceptors (Lipinski definition) is 5. The van der Waals surface area contributed by atoms with Gasteiger partial charge in [0.15, 0.2) is 0 Å². The van der Waals surface area contributed by atoms with Gasteiger partial charge in [0.1, 0.15) is 0 Å². The van der Waals surface area contributed by atoms with Gasteiger partial charge in [0, 0.05) is 0 Å². The molecule has 0 aromatic heterocycles. The van der Waals surface area contributed by atoms with E-state index in [2.05, 4.69) is 4.74 Å². The first-order valence-corrected chi connectivity index (χ1v) is 4.74. The van der Waals surface area contributed by atoms with Gasteiger partial charge in [-0.3, -0.25) is 0 Å². The summed E-state index contributed by atoms with van der Waals surface area (Å²) in [4.78, 5) is 11.4. The third kappa shape index (κ3) is 2.21. The van der Waals surface area contributed by atoms with Gasteiger partial charge in [0.05, 0.1) is 32.5 Å². The zero-order chi connectivity index (χ0) is 12.1. The van der Waals surface area contributed by atoms with Crippen LogP contribution in [-0.2, 0) is 24.6 Å². The van der Waals surface area contributed by atoms with Gasteiger partial charge >= 0.3 is 5.97 Å². The Morgan fingerprint density at radius 3 is 2.19 bits per heavy atom. The van der Waals surface area contributed by atoms with E-state index in [4.69, 9.17) is 10.2 Å². The predicted octanol–water partition coefficient (Wildman–Crippen LogP) is -0.0499. The van der Waals surface area contributed by atoms with Crippen LogP contribution >= 0.6 is 0 Å². The van der Waals surface area contributed by atoms with Gasteiger partial charge in [-0.05, 0) is 22.8 Å². The summed E-state index contributed by atoms with van der Waals surface area (Å²) in [5.74, 6) is -0.580. The number of carbonyl (C=O) groups excluding carboxylic acids is 1. The van der Waals surface area contributed by atoms with Crippen LogP contribution in [0.15, 0.2) is 12.1 Å². The van der Waals surface area contributed by atoms with E-state index in [-0.39, 0.29) is 18.8 Å². The summed E-state index contributed by atoms with van der Waals surface area (Å²) >= 11 is 0. The maximum absolute atomic E-state index is 11.4. The minimum Gasteiger partial charge on any atom is -0.465 e. The van der Waals surface area contributed by atoms with Crippen LogP contribution in [0.2, 0.25) is 0 Å². The molecule has 0 bridgehead atoms. The van der Waals surface area contributed by atoms with E-state index >= 15 is 0 Å². The van der Waals surface area contributed by atoms with Gasteiger partial charge in [-0.2, -0.15) is 0 Å². The molecule has 0 atom stereocenters. The number of benzene rings is 1. The molecule has 0 aliphatic heterocycles. The fourth-order valence-corrected chi connectivity index (χ4v) is 1.57. The summed E-state index contributed by atoms with van der Waals surface area (Å²) in [5, 5.41) is 27.4. The number of rotatable bonds is 4. The molecule has 1 rings (SSSR count).